The van der Waals surface area contributed by atoms with Crippen molar-refractivity contribution in [1.29, 1.82) is 0 Å². The van der Waals surface area contributed by atoms with Crippen LogP contribution in [0.15, 0.2) is 42.7 Å². The van der Waals surface area contributed by atoms with Crippen molar-refractivity contribution in [2.24, 2.45) is 0 Å². The molecule has 0 bridgehead atoms. The predicted octanol–water partition coefficient (Wildman–Crippen LogP) is 4.57. The SMILES string of the molecule is O=C(Nc1ccc(-c2cc3c(cc2Cl)OC(F)(F)O3)cn1)c1ccnn1C(F)F. The number of hydrogen-bond acceptors (Lipinski definition) is 5. The van der Waals surface area contributed by atoms with Gasteiger partial charge in [0.15, 0.2) is 11.5 Å². The molecule has 0 unspecified atom stereocenters. The number of ether oxygens (including phenoxy) is 2. The summed E-state index contributed by atoms with van der Waals surface area (Å²) in [7, 11) is 0. The van der Waals surface area contributed by atoms with Gasteiger partial charge in [0, 0.05) is 29.6 Å². The lowest BCUT2D eigenvalue weighted by Crippen LogP contribution is -2.25. The van der Waals surface area contributed by atoms with Crippen molar-refractivity contribution >= 4 is 23.3 Å². The standard InChI is InChI=1S/C17H9ClF4N4O3/c18-10-6-13-12(28-17(21,22)29-13)5-9(10)8-1-2-14(23-7-8)25-15(27)11-3-4-24-26(11)16(19)20/h1-7,16H,(H,23,25,27). The molecule has 3 heterocycles. The second kappa shape index (κ2) is 6.92. The highest BCUT2D eigenvalue weighted by atomic mass is 35.5. The molecule has 29 heavy (non-hydrogen) atoms. The summed E-state index contributed by atoms with van der Waals surface area (Å²) in [5.41, 5.74) is 0.436. The molecular formula is C17H9ClF4N4O3. The van der Waals surface area contributed by atoms with E-state index in [2.05, 4.69) is 24.9 Å². The second-order valence-electron chi connectivity index (χ2n) is 5.77. The molecule has 1 aliphatic heterocycles. The van der Waals surface area contributed by atoms with Crippen LogP contribution in [0, 0.1) is 0 Å². The van der Waals surface area contributed by atoms with Gasteiger partial charge in [-0.3, -0.25) is 4.79 Å². The number of hydrogen-bond donors (Lipinski definition) is 1. The van der Waals surface area contributed by atoms with Gasteiger partial charge in [-0.1, -0.05) is 11.6 Å². The van der Waals surface area contributed by atoms with Crippen molar-refractivity contribution < 1.29 is 31.8 Å². The van der Waals surface area contributed by atoms with Gasteiger partial charge >= 0.3 is 12.8 Å². The first kappa shape index (κ1) is 19.0. The van der Waals surface area contributed by atoms with Crippen LogP contribution in [0.1, 0.15) is 17.0 Å². The van der Waals surface area contributed by atoms with Gasteiger partial charge in [-0.2, -0.15) is 18.6 Å². The summed E-state index contributed by atoms with van der Waals surface area (Å²) < 4.78 is 61.0. The number of alkyl halides is 4. The van der Waals surface area contributed by atoms with E-state index in [1.807, 2.05) is 0 Å². The molecule has 12 heteroatoms. The Morgan fingerprint density at radius 1 is 1.17 bits per heavy atom. The van der Waals surface area contributed by atoms with Crippen LogP contribution in [0.4, 0.5) is 23.4 Å². The lowest BCUT2D eigenvalue weighted by Gasteiger charge is -2.09. The van der Waals surface area contributed by atoms with Crippen LogP contribution >= 0.6 is 11.6 Å². The van der Waals surface area contributed by atoms with E-state index in [9.17, 15) is 22.4 Å². The van der Waals surface area contributed by atoms with E-state index in [1.54, 1.807) is 0 Å². The number of halogens is 5. The average Bonchev–Trinajstić information content (AvgIpc) is 3.25. The van der Waals surface area contributed by atoms with Crippen LogP contribution in [-0.4, -0.2) is 27.0 Å². The molecule has 1 amide bonds. The quantitative estimate of drug-likeness (QED) is 0.616. The Bertz CT molecular complexity index is 1090. The molecule has 0 aliphatic carbocycles. The van der Waals surface area contributed by atoms with Crippen molar-refractivity contribution in [3.63, 3.8) is 0 Å². The van der Waals surface area contributed by atoms with Gasteiger partial charge < -0.3 is 14.8 Å². The van der Waals surface area contributed by atoms with Gasteiger partial charge in [-0.15, -0.1) is 8.78 Å². The summed E-state index contributed by atoms with van der Waals surface area (Å²) in [6, 6.07) is 6.50. The van der Waals surface area contributed by atoms with E-state index in [1.165, 1.54) is 30.5 Å². The van der Waals surface area contributed by atoms with Crippen LogP contribution in [0.2, 0.25) is 5.02 Å². The number of anilines is 1. The van der Waals surface area contributed by atoms with E-state index < -0.39 is 18.8 Å². The number of pyridine rings is 1. The largest absolute Gasteiger partial charge is 0.586 e. The van der Waals surface area contributed by atoms with Crippen molar-refractivity contribution in [3.05, 3.63) is 53.4 Å². The summed E-state index contributed by atoms with van der Waals surface area (Å²) in [4.78, 5) is 16.1. The summed E-state index contributed by atoms with van der Waals surface area (Å²) in [5, 5.41) is 5.86. The molecule has 0 saturated carbocycles. The van der Waals surface area contributed by atoms with Crippen molar-refractivity contribution in [1.82, 2.24) is 14.8 Å². The summed E-state index contributed by atoms with van der Waals surface area (Å²) in [5.74, 6) is -1.14. The van der Waals surface area contributed by atoms with E-state index in [-0.39, 0.29) is 32.7 Å². The highest BCUT2D eigenvalue weighted by molar-refractivity contribution is 6.33. The Hall–Kier alpha value is -3.34. The molecule has 0 radical (unpaired) electrons. The number of rotatable bonds is 4. The fourth-order valence-corrected chi connectivity index (χ4v) is 2.91. The van der Waals surface area contributed by atoms with E-state index in [4.69, 9.17) is 11.6 Å². The Labute approximate surface area is 164 Å². The van der Waals surface area contributed by atoms with Gasteiger partial charge in [0.25, 0.3) is 5.91 Å². The van der Waals surface area contributed by atoms with Gasteiger partial charge in [0.05, 0.1) is 5.02 Å². The first-order valence-electron chi connectivity index (χ1n) is 7.92. The monoisotopic (exact) mass is 428 g/mol. The molecule has 1 N–H and O–H groups in total. The third kappa shape index (κ3) is 3.68. The summed E-state index contributed by atoms with van der Waals surface area (Å²) in [6.07, 6.45) is -1.38. The fraction of sp³-hybridized carbons (Fsp3) is 0.118. The van der Waals surface area contributed by atoms with Gasteiger partial charge in [0.1, 0.15) is 11.5 Å². The number of aromatic nitrogens is 3. The number of fused-ring (bicyclic) bond motifs is 1. The Morgan fingerprint density at radius 3 is 2.55 bits per heavy atom. The zero-order valence-electron chi connectivity index (χ0n) is 14.1. The first-order valence-corrected chi connectivity index (χ1v) is 8.30. The maximum Gasteiger partial charge on any atom is 0.586 e. The highest BCUT2D eigenvalue weighted by Gasteiger charge is 2.43. The van der Waals surface area contributed by atoms with Gasteiger partial charge in [-0.05, 0) is 24.3 Å². The molecule has 0 atom stereocenters. The summed E-state index contributed by atoms with van der Waals surface area (Å²) >= 11 is 6.12. The molecule has 2 aromatic heterocycles. The number of nitrogens with one attached hydrogen (secondary N) is 1. The fourth-order valence-electron chi connectivity index (χ4n) is 2.65. The molecule has 1 aliphatic rings. The minimum atomic E-state index is -3.78. The predicted molar refractivity (Wildman–Crippen MR) is 92.3 cm³/mol. The Morgan fingerprint density at radius 2 is 1.90 bits per heavy atom. The second-order valence-corrected chi connectivity index (χ2v) is 6.18. The normalized spacial score (nSPS) is 14.3. The van der Waals surface area contributed by atoms with E-state index >= 15 is 0 Å². The lowest BCUT2D eigenvalue weighted by molar-refractivity contribution is -0.286. The Kier molecular flexibility index (Phi) is 4.53. The average molecular weight is 429 g/mol. The molecule has 4 rings (SSSR count). The van der Waals surface area contributed by atoms with Gasteiger partial charge in [0.2, 0.25) is 0 Å². The minimum Gasteiger partial charge on any atom is -0.395 e. The van der Waals surface area contributed by atoms with Crippen LogP contribution in [0.5, 0.6) is 11.5 Å². The molecule has 0 spiro atoms. The van der Waals surface area contributed by atoms with Crippen molar-refractivity contribution in [3.8, 4) is 22.6 Å². The number of benzene rings is 1. The highest BCUT2D eigenvalue weighted by Crippen LogP contribution is 2.46. The number of carbonyl (C=O) groups excluding carboxylic acids is 1. The smallest absolute Gasteiger partial charge is 0.395 e. The van der Waals surface area contributed by atoms with Crippen LogP contribution in [0.3, 0.4) is 0 Å². The molecule has 0 saturated heterocycles. The number of amides is 1. The maximum atomic E-state index is 13.2. The zero-order chi connectivity index (χ0) is 20.8. The molecule has 1 aromatic carbocycles. The maximum absolute atomic E-state index is 13.2. The molecule has 150 valence electrons. The van der Waals surface area contributed by atoms with Crippen molar-refractivity contribution in [2.75, 3.05) is 5.32 Å². The molecule has 7 nitrogen and oxygen atoms in total. The topological polar surface area (TPSA) is 78.3 Å². The lowest BCUT2D eigenvalue weighted by atomic mass is 10.1. The number of carbonyl (C=O) groups is 1. The third-order valence-electron chi connectivity index (χ3n) is 3.89. The van der Waals surface area contributed by atoms with E-state index in [0.29, 0.717) is 11.1 Å². The summed E-state index contributed by atoms with van der Waals surface area (Å²) in [6.45, 7) is -2.97. The number of nitrogens with zero attached hydrogens (tertiary/aromatic N) is 3. The molecule has 3 aromatic rings. The first-order chi connectivity index (χ1) is 13.7. The third-order valence-corrected chi connectivity index (χ3v) is 4.21. The minimum absolute atomic E-state index is 0.0733. The van der Waals surface area contributed by atoms with Crippen LogP contribution in [0.25, 0.3) is 11.1 Å². The van der Waals surface area contributed by atoms with Crippen LogP contribution < -0.4 is 14.8 Å². The van der Waals surface area contributed by atoms with E-state index in [0.717, 1.165) is 12.3 Å². The van der Waals surface area contributed by atoms with Crippen LogP contribution in [-0.2, 0) is 0 Å². The molecule has 0 fully saturated rings. The van der Waals surface area contributed by atoms with Gasteiger partial charge in [-0.25, -0.2) is 4.98 Å². The van der Waals surface area contributed by atoms with Crippen molar-refractivity contribution in [2.45, 2.75) is 12.8 Å². The molecular weight excluding hydrogens is 420 g/mol. The Balaban J connectivity index is 1.55. The zero-order valence-corrected chi connectivity index (χ0v) is 14.8.